The van der Waals surface area contributed by atoms with Crippen LogP contribution in [0.15, 0.2) is 60.7 Å². The number of nitrogens with zero attached hydrogens (tertiary/aromatic N) is 1. The molecule has 2 aromatic carbocycles. The molecule has 0 heterocycles. The summed E-state index contributed by atoms with van der Waals surface area (Å²) in [6, 6.07) is 16.6. The van der Waals surface area contributed by atoms with Gasteiger partial charge in [0.15, 0.2) is 0 Å². The average molecular weight is 305 g/mol. The number of carbonyl (C=O) groups excluding carboxylic acids is 2. The van der Waals surface area contributed by atoms with E-state index in [9.17, 15) is 9.59 Å². The van der Waals surface area contributed by atoms with E-state index in [1.807, 2.05) is 0 Å². The van der Waals surface area contributed by atoms with Gasteiger partial charge in [0.05, 0.1) is 11.1 Å². The highest BCUT2D eigenvalue weighted by atomic mass is 17.2. The first-order chi connectivity index (χ1) is 10.5. The van der Waals surface area contributed by atoms with E-state index in [1.165, 1.54) is 0 Å². The SMILES string of the molecule is O=C(OOC(=O)c1ccccc1)c1ccccc1.O=[N+]([O-])O. The number of rotatable bonds is 2. The fraction of sp³-hybridized carbons (Fsp3) is 0. The summed E-state index contributed by atoms with van der Waals surface area (Å²) in [4.78, 5) is 40.2. The first-order valence-corrected chi connectivity index (χ1v) is 5.87. The van der Waals surface area contributed by atoms with Crippen molar-refractivity contribution in [2.75, 3.05) is 0 Å². The molecule has 0 aliphatic heterocycles. The fourth-order valence-corrected chi connectivity index (χ4v) is 1.32. The van der Waals surface area contributed by atoms with Crippen molar-refractivity contribution in [3.8, 4) is 0 Å². The van der Waals surface area contributed by atoms with Crippen LogP contribution >= 0.6 is 0 Å². The van der Waals surface area contributed by atoms with Gasteiger partial charge in [-0.2, -0.15) is 0 Å². The van der Waals surface area contributed by atoms with Crippen LogP contribution in [0.1, 0.15) is 20.7 Å². The normalized spacial score (nSPS) is 8.91. The molecule has 0 saturated carbocycles. The second-order valence-electron chi connectivity index (χ2n) is 3.71. The number of hydrogen-bond acceptors (Lipinski definition) is 6. The summed E-state index contributed by atoms with van der Waals surface area (Å²) in [5, 5.41) is 13.6. The van der Waals surface area contributed by atoms with Gasteiger partial charge in [-0.15, -0.1) is 10.1 Å². The van der Waals surface area contributed by atoms with Gasteiger partial charge in [0.2, 0.25) is 0 Å². The molecule has 0 saturated heterocycles. The molecule has 0 aromatic heterocycles. The molecule has 0 amide bonds. The van der Waals surface area contributed by atoms with Gasteiger partial charge in [0.1, 0.15) is 0 Å². The lowest BCUT2D eigenvalue weighted by atomic mass is 10.2. The third-order valence-corrected chi connectivity index (χ3v) is 2.21. The van der Waals surface area contributed by atoms with Crippen molar-refractivity contribution in [2.24, 2.45) is 0 Å². The van der Waals surface area contributed by atoms with Gasteiger partial charge in [0, 0.05) is 0 Å². The van der Waals surface area contributed by atoms with Gasteiger partial charge < -0.3 is 5.21 Å². The molecule has 0 bridgehead atoms. The standard InChI is InChI=1S/C14H10O4.HNO3/c15-13(11-7-3-1-4-8-11)17-18-14(16)12-9-5-2-6-10-12;2-1(3)4/h1-10H;(H,2,3,4). The summed E-state index contributed by atoms with van der Waals surface area (Å²) in [7, 11) is 0. The lowest BCUT2D eigenvalue weighted by Crippen LogP contribution is -2.11. The average Bonchev–Trinajstić information content (AvgIpc) is 2.53. The molecular weight excluding hydrogens is 294 g/mol. The Balaban J connectivity index is 0.000000541. The summed E-state index contributed by atoms with van der Waals surface area (Å²) in [6.45, 7) is 0. The van der Waals surface area contributed by atoms with Crippen molar-refractivity contribution < 1.29 is 29.7 Å². The van der Waals surface area contributed by atoms with Gasteiger partial charge in [0.25, 0.3) is 5.09 Å². The van der Waals surface area contributed by atoms with Gasteiger partial charge in [-0.3, -0.25) is 0 Å². The molecule has 2 aromatic rings. The highest BCUT2D eigenvalue weighted by molar-refractivity contribution is 5.92. The van der Waals surface area contributed by atoms with Crippen LogP contribution in [0.4, 0.5) is 0 Å². The van der Waals surface area contributed by atoms with Gasteiger partial charge in [-0.1, -0.05) is 36.4 Å². The smallest absolute Gasteiger partial charge is 0.328 e. The third-order valence-electron chi connectivity index (χ3n) is 2.21. The molecule has 114 valence electrons. The summed E-state index contributed by atoms with van der Waals surface area (Å²) in [6.07, 6.45) is 0. The molecular formula is C14H11NO7. The van der Waals surface area contributed by atoms with Crippen molar-refractivity contribution in [2.45, 2.75) is 0 Å². The number of benzene rings is 2. The maximum atomic E-state index is 11.5. The fourth-order valence-electron chi connectivity index (χ4n) is 1.32. The third kappa shape index (κ3) is 6.15. The minimum atomic E-state index is -1.50. The van der Waals surface area contributed by atoms with Crippen molar-refractivity contribution in [3.63, 3.8) is 0 Å². The van der Waals surface area contributed by atoms with Crippen molar-refractivity contribution in [1.29, 1.82) is 0 Å². The second kappa shape index (κ2) is 8.69. The van der Waals surface area contributed by atoms with E-state index in [2.05, 4.69) is 9.78 Å². The first-order valence-electron chi connectivity index (χ1n) is 5.87. The molecule has 0 radical (unpaired) electrons. The Labute approximate surface area is 124 Å². The van der Waals surface area contributed by atoms with Crippen LogP contribution in [-0.2, 0) is 9.78 Å². The van der Waals surface area contributed by atoms with Gasteiger partial charge in [-0.05, 0) is 24.3 Å². The van der Waals surface area contributed by atoms with E-state index < -0.39 is 17.0 Å². The zero-order valence-electron chi connectivity index (χ0n) is 11.1. The molecule has 8 nitrogen and oxygen atoms in total. The lowest BCUT2D eigenvalue weighted by molar-refractivity contribution is -0.742. The first kappa shape index (κ1) is 16.6. The minimum Gasteiger partial charge on any atom is -0.328 e. The molecule has 2 rings (SSSR count). The zero-order chi connectivity index (χ0) is 16.4. The number of carbonyl (C=O) groups is 2. The number of hydrogen-bond donors (Lipinski definition) is 1. The van der Waals surface area contributed by atoms with E-state index >= 15 is 0 Å². The molecule has 1 N–H and O–H groups in total. The zero-order valence-corrected chi connectivity index (χ0v) is 11.1. The maximum absolute atomic E-state index is 11.5. The molecule has 8 heteroatoms. The molecule has 0 spiro atoms. The largest absolute Gasteiger partial charge is 0.386 e. The van der Waals surface area contributed by atoms with E-state index in [0.29, 0.717) is 11.1 Å². The summed E-state index contributed by atoms with van der Waals surface area (Å²) in [5.41, 5.74) is 0.636. The summed E-state index contributed by atoms with van der Waals surface area (Å²) >= 11 is 0. The predicted molar refractivity (Wildman–Crippen MR) is 72.5 cm³/mol. The van der Waals surface area contributed by atoms with Gasteiger partial charge in [-0.25, -0.2) is 19.4 Å². The minimum absolute atomic E-state index is 0.318. The lowest BCUT2D eigenvalue weighted by Gasteiger charge is -2.02. The van der Waals surface area contributed by atoms with Gasteiger partial charge >= 0.3 is 11.9 Å². The summed E-state index contributed by atoms with van der Waals surface area (Å²) in [5.74, 6) is -1.42. The van der Waals surface area contributed by atoms with Crippen LogP contribution in [0, 0.1) is 10.1 Å². The Hall–Kier alpha value is -3.42. The van der Waals surface area contributed by atoms with Crippen LogP contribution in [0.5, 0.6) is 0 Å². The Morgan fingerprint density at radius 2 is 1.09 bits per heavy atom. The highest BCUT2D eigenvalue weighted by Crippen LogP contribution is 2.05. The topological polar surface area (TPSA) is 116 Å². The van der Waals surface area contributed by atoms with Crippen LogP contribution in [-0.4, -0.2) is 22.2 Å². The van der Waals surface area contributed by atoms with Crippen molar-refractivity contribution >= 4 is 11.9 Å². The molecule has 0 atom stereocenters. The van der Waals surface area contributed by atoms with Crippen LogP contribution in [0.2, 0.25) is 0 Å². The van der Waals surface area contributed by atoms with E-state index in [4.69, 9.17) is 15.3 Å². The Morgan fingerprint density at radius 3 is 1.36 bits per heavy atom. The van der Waals surface area contributed by atoms with E-state index in [1.54, 1.807) is 60.7 Å². The monoisotopic (exact) mass is 305 g/mol. The predicted octanol–water partition coefficient (Wildman–Crippen LogP) is 2.27. The van der Waals surface area contributed by atoms with E-state index in [0.717, 1.165) is 0 Å². The molecule has 0 fully saturated rings. The highest BCUT2D eigenvalue weighted by Gasteiger charge is 2.12. The van der Waals surface area contributed by atoms with Crippen molar-refractivity contribution in [1.82, 2.24) is 0 Å². The van der Waals surface area contributed by atoms with Crippen LogP contribution in [0.25, 0.3) is 0 Å². The van der Waals surface area contributed by atoms with Crippen LogP contribution in [0.3, 0.4) is 0 Å². The molecule has 0 aliphatic rings. The molecule has 0 unspecified atom stereocenters. The van der Waals surface area contributed by atoms with E-state index in [-0.39, 0.29) is 0 Å². The second-order valence-corrected chi connectivity index (χ2v) is 3.71. The summed E-state index contributed by atoms with van der Waals surface area (Å²) < 4.78 is 0. The Morgan fingerprint density at radius 1 is 0.818 bits per heavy atom. The Kier molecular flexibility index (Phi) is 6.57. The maximum Gasteiger partial charge on any atom is 0.386 e. The molecule has 22 heavy (non-hydrogen) atoms. The molecule has 0 aliphatic carbocycles. The van der Waals surface area contributed by atoms with Crippen LogP contribution < -0.4 is 0 Å². The quantitative estimate of drug-likeness (QED) is 0.514. The Bertz CT molecular complexity index is 573. The van der Waals surface area contributed by atoms with Crippen molar-refractivity contribution in [3.05, 3.63) is 81.9 Å².